The highest BCUT2D eigenvalue weighted by Gasteiger charge is 2.25. The highest BCUT2D eigenvalue weighted by Crippen LogP contribution is 2.34. The van der Waals surface area contributed by atoms with Gasteiger partial charge in [-0.1, -0.05) is 19.9 Å². The second-order valence-corrected chi connectivity index (χ2v) is 6.87. The van der Waals surface area contributed by atoms with Crippen LogP contribution >= 0.6 is 15.9 Å². The molecule has 112 valence electrons. The summed E-state index contributed by atoms with van der Waals surface area (Å²) in [5, 5.41) is 3.46. The van der Waals surface area contributed by atoms with E-state index in [0.717, 1.165) is 19.0 Å². The van der Waals surface area contributed by atoms with Crippen LogP contribution in [0.1, 0.15) is 45.6 Å². The molecule has 0 saturated carbocycles. The Labute approximate surface area is 132 Å². The number of piperidine rings is 1. The van der Waals surface area contributed by atoms with E-state index in [9.17, 15) is 0 Å². The summed E-state index contributed by atoms with van der Waals surface area (Å²) in [5.41, 5.74) is 2.70. The predicted octanol–water partition coefficient (Wildman–Crippen LogP) is 4.57. The Morgan fingerprint density at radius 3 is 2.85 bits per heavy atom. The minimum absolute atomic E-state index is 0.629. The summed E-state index contributed by atoms with van der Waals surface area (Å²) < 4.78 is 1.23. The zero-order valence-electron chi connectivity index (χ0n) is 13.0. The van der Waals surface area contributed by atoms with Crippen LogP contribution in [0.4, 0.5) is 5.69 Å². The molecule has 1 saturated heterocycles. The number of nitrogens with zero attached hydrogens (tertiary/aromatic N) is 1. The maximum absolute atomic E-state index is 3.77. The van der Waals surface area contributed by atoms with E-state index in [1.807, 2.05) is 0 Å². The molecule has 3 heteroatoms. The molecular formula is C17H27BrN2. The van der Waals surface area contributed by atoms with Crippen LogP contribution in [0.15, 0.2) is 22.7 Å². The second-order valence-electron chi connectivity index (χ2n) is 6.02. The standard InChI is InChI=1S/C17H27BrN2/c1-4-9-19-12-15-7-8-17(16(18)11-15)20-10-5-6-13(2)14(20)3/h7-8,11,13-14,19H,4-6,9-10,12H2,1-3H3. The van der Waals surface area contributed by atoms with Crippen LogP contribution in [0, 0.1) is 5.92 Å². The number of anilines is 1. The Morgan fingerprint density at radius 2 is 2.15 bits per heavy atom. The summed E-state index contributed by atoms with van der Waals surface area (Å²) in [5.74, 6) is 0.779. The smallest absolute Gasteiger partial charge is 0.0513 e. The van der Waals surface area contributed by atoms with E-state index in [1.165, 1.54) is 41.5 Å². The molecule has 0 aliphatic carbocycles. The molecule has 1 heterocycles. The molecule has 0 radical (unpaired) electrons. The van der Waals surface area contributed by atoms with Crippen molar-refractivity contribution in [2.24, 2.45) is 5.92 Å². The largest absolute Gasteiger partial charge is 0.368 e. The van der Waals surface area contributed by atoms with Crippen molar-refractivity contribution in [1.29, 1.82) is 0 Å². The molecule has 0 bridgehead atoms. The van der Waals surface area contributed by atoms with Crippen molar-refractivity contribution < 1.29 is 0 Å². The molecule has 1 aromatic carbocycles. The highest BCUT2D eigenvalue weighted by molar-refractivity contribution is 9.10. The second kappa shape index (κ2) is 7.46. The van der Waals surface area contributed by atoms with E-state index < -0.39 is 0 Å². The maximum Gasteiger partial charge on any atom is 0.0513 e. The van der Waals surface area contributed by atoms with E-state index in [1.54, 1.807) is 0 Å². The van der Waals surface area contributed by atoms with Gasteiger partial charge in [-0.15, -0.1) is 0 Å². The SMILES string of the molecule is CCCNCc1ccc(N2CCCC(C)C2C)c(Br)c1. The number of benzene rings is 1. The van der Waals surface area contributed by atoms with Gasteiger partial charge in [0.05, 0.1) is 5.69 Å². The fourth-order valence-corrected chi connectivity index (χ4v) is 3.63. The van der Waals surface area contributed by atoms with Gasteiger partial charge in [-0.3, -0.25) is 0 Å². The van der Waals surface area contributed by atoms with Gasteiger partial charge in [0.15, 0.2) is 0 Å². The van der Waals surface area contributed by atoms with Crippen LogP contribution in [0.2, 0.25) is 0 Å². The van der Waals surface area contributed by atoms with Gasteiger partial charge < -0.3 is 10.2 Å². The van der Waals surface area contributed by atoms with Crippen molar-refractivity contribution in [2.45, 2.75) is 52.6 Å². The fourth-order valence-electron chi connectivity index (χ4n) is 2.98. The van der Waals surface area contributed by atoms with Gasteiger partial charge >= 0.3 is 0 Å². The molecular weight excluding hydrogens is 312 g/mol. The third kappa shape index (κ3) is 3.76. The van der Waals surface area contributed by atoms with E-state index in [4.69, 9.17) is 0 Å². The summed E-state index contributed by atoms with van der Waals surface area (Å²) in [6.07, 6.45) is 3.84. The molecule has 1 aliphatic heterocycles. The van der Waals surface area contributed by atoms with E-state index >= 15 is 0 Å². The molecule has 0 amide bonds. The average Bonchev–Trinajstić information content (AvgIpc) is 2.43. The lowest BCUT2D eigenvalue weighted by Crippen LogP contribution is -2.42. The van der Waals surface area contributed by atoms with Gasteiger partial charge in [-0.05, 0) is 72.3 Å². The topological polar surface area (TPSA) is 15.3 Å². The zero-order valence-corrected chi connectivity index (χ0v) is 14.5. The number of rotatable bonds is 5. The number of nitrogens with one attached hydrogen (secondary N) is 1. The van der Waals surface area contributed by atoms with Gasteiger partial charge in [-0.2, -0.15) is 0 Å². The van der Waals surface area contributed by atoms with Gasteiger partial charge in [0, 0.05) is 23.6 Å². The van der Waals surface area contributed by atoms with Gasteiger partial charge in [-0.25, -0.2) is 0 Å². The predicted molar refractivity (Wildman–Crippen MR) is 91.3 cm³/mol. The molecule has 2 atom stereocenters. The summed E-state index contributed by atoms with van der Waals surface area (Å²) in [4.78, 5) is 2.56. The van der Waals surface area contributed by atoms with E-state index in [-0.39, 0.29) is 0 Å². The summed E-state index contributed by atoms with van der Waals surface area (Å²) in [7, 11) is 0. The Morgan fingerprint density at radius 1 is 1.35 bits per heavy atom. The molecule has 1 N–H and O–H groups in total. The first kappa shape index (κ1) is 15.8. The Kier molecular flexibility index (Phi) is 5.91. The van der Waals surface area contributed by atoms with Crippen LogP contribution in [-0.2, 0) is 6.54 Å². The van der Waals surface area contributed by atoms with Crippen molar-refractivity contribution in [3.05, 3.63) is 28.2 Å². The molecule has 1 aromatic rings. The average molecular weight is 339 g/mol. The van der Waals surface area contributed by atoms with E-state index in [2.05, 4.69) is 65.1 Å². The van der Waals surface area contributed by atoms with Crippen LogP contribution < -0.4 is 10.2 Å². The van der Waals surface area contributed by atoms with Gasteiger partial charge in [0.2, 0.25) is 0 Å². The molecule has 1 aliphatic rings. The summed E-state index contributed by atoms with van der Waals surface area (Å²) in [6, 6.07) is 7.43. The van der Waals surface area contributed by atoms with Crippen molar-refractivity contribution in [2.75, 3.05) is 18.0 Å². The van der Waals surface area contributed by atoms with Crippen molar-refractivity contribution in [3.63, 3.8) is 0 Å². The zero-order chi connectivity index (χ0) is 14.5. The van der Waals surface area contributed by atoms with Gasteiger partial charge in [0.25, 0.3) is 0 Å². The fraction of sp³-hybridized carbons (Fsp3) is 0.647. The van der Waals surface area contributed by atoms with Gasteiger partial charge in [0.1, 0.15) is 0 Å². The van der Waals surface area contributed by atoms with E-state index in [0.29, 0.717) is 6.04 Å². The van der Waals surface area contributed by atoms with Crippen LogP contribution in [0.25, 0.3) is 0 Å². The lowest BCUT2D eigenvalue weighted by Gasteiger charge is -2.40. The lowest BCUT2D eigenvalue weighted by atomic mass is 9.91. The monoisotopic (exact) mass is 338 g/mol. The summed E-state index contributed by atoms with van der Waals surface area (Å²) in [6.45, 7) is 10.1. The molecule has 0 aromatic heterocycles. The normalized spacial score (nSPS) is 23.1. The van der Waals surface area contributed by atoms with Crippen molar-refractivity contribution in [1.82, 2.24) is 5.32 Å². The third-order valence-corrected chi connectivity index (χ3v) is 5.09. The first-order chi connectivity index (χ1) is 9.63. The first-order valence-corrected chi connectivity index (χ1v) is 8.68. The van der Waals surface area contributed by atoms with Crippen molar-refractivity contribution >= 4 is 21.6 Å². The molecule has 2 unspecified atom stereocenters. The minimum Gasteiger partial charge on any atom is -0.368 e. The third-order valence-electron chi connectivity index (χ3n) is 4.45. The highest BCUT2D eigenvalue weighted by atomic mass is 79.9. The van der Waals surface area contributed by atoms with Crippen LogP contribution in [0.5, 0.6) is 0 Å². The molecule has 0 spiro atoms. The van der Waals surface area contributed by atoms with Crippen LogP contribution in [0.3, 0.4) is 0 Å². The number of hydrogen-bond donors (Lipinski definition) is 1. The number of halogens is 1. The molecule has 2 rings (SSSR count). The Bertz CT molecular complexity index is 433. The molecule has 2 nitrogen and oxygen atoms in total. The lowest BCUT2D eigenvalue weighted by molar-refractivity contribution is 0.363. The maximum atomic E-state index is 3.77. The first-order valence-electron chi connectivity index (χ1n) is 7.89. The van der Waals surface area contributed by atoms with Crippen LogP contribution in [-0.4, -0.2) is 19.1 Å². The number of hydrogen-bond acceptors (Lipinski definition) is 2. The molecule has 1 fully saturated rings. The minimum atomic E-state index is 0.629. The van der Waals surface area contributed by atoms with Crippen molar-refractivity contribution in [3.8, 4) is 0 Å². The molecule has 20 heavy (non-hydrogen) atoms. The Hall–Kier alpha value is -0.540. The quantitative estimate of drug-likeness (QED) is 0.791. The summed E-state index contributed by atoms with van der Waals surface area (Å²) >= 11 is 3.77. The Balaban J connectivity index is 2.08.